The van der Waals surface area contributed by atoms with E-state index in [0.29, 0.717) is 12.4 Å². The molecule has 2 amide bonds. The van der Waals surface area contributed by atoms with Crippen LogP contribution in [0.15, 0.2) is 43.0 Å². The SMILES string of the molecule is CN(Cc1cnn(C)c1)C(=O)Nc1ccc(-c2ncn(C)n2)cc1. The minimum Gasteiger partial charge on any atom is -0.323 e. The molecule has 2 aromatic heterocycles. The molecule has 0 spiro atoms. The topological polar surface area (TPSA) is 80.9 Å². The van der Waals surface area contributed by atoms with Crippen molar-refractivity contribution in [1.82, 2.24) is 29.4 Å². The third kappa shape index (κ3) is 3.60. The molecule has 0 aliphatic carbocycles. The number of carbonyl (C=O) groups is 1. The summed E-state index contributed by atoms with van der Waals surface area (Å²) in [7, 11) is 5.42. The first kappa shape index (κ1) is 15.7. The number of anilines is 1. The summed E-state index contributed by atoms with van der Waals surface area (Å²) in [6.45, 7) is 0.496. The fourth-order valence-electron chi connectivity index (χ4n) is 2.29. The Morgan fingerprint density at radius 3 is 2.54 bits per heavy atom. The number of nitrogens with one attached hydrogen (secondary N) is 1. The van der Waals surface area contributed by atoms with E-state index in [1.165, 1.54) is 0 Å². The van der Waals surface area contributed by atoms with Crippen LogP contribution in [0.1, 0.15) is 5.56 Å². The molecule has 0 aliphatic rings. The molecule has 0 aliphatic heterocycles. The Labute approximate surface area is 139 Å². The van der Waals surface area contributed by atoms with Crippen LogP contribution in [0.5, 0.6) is 0 Å². The van der Waals surface area contributed by atoms with Gasteiger partial charge in [0.15, 0.2) is 5.82 Å². The predicted octanol–water partition coefficient (Wildman–Crippen LogP) is 1.88. The highest BCUT2D eigenvalue weighted by Gasteiger charge is 2.11. The summed E-state index contributed by atoms with van der Waals surface area (Å²) < 4.78 is 3.36. The molecule has 2 heterocycles. The van der Waals surface area contributed by atoms with E-state index in [1.54, 1.807) is 33.8 Å². The number of carbonyl (C=O) groups excluding carboxylic acids is 1. The van der Waals surface area contributed by atoms with Crippen LogP contribution in [0.3, 0.4) is 0 Å². The molecule has 3 rings (SSSR count). The van der Waals surface area contributed by atoms with Crippen molar-refractivity contribution in [2.75, 3.05) is 12.4 Å². The highest BCUT2D eigenvalue weighted by atomic mass is 16.2. The molecule has 24 heavy (non-hydrogen) atoms. The van der Waals surface area contributed by atoms with E-state index in [-0.39, 0.29) is 6.03 Å². The molecule has 0 radical (unpaired) electrons. The van der Waals surface area contributed by atoms with Crippen molar-refractivity contribution in [1.29, 1.82) is 0 Å². The van der Waals surface area contributed by atoms with Crippen molar-refractivity contribution in [3.8, 4) is 11.4 Å². The molecule has 1 N–H and O–H groups in total. The second kappa shape index (κ2) is 6.53. The third-order valence-electron chi connectivity index (χ3n) is 3.52. The number of amides is 2. The third-order valence-corrected chi connectivity index (χ3v) is 3.52. The average molecular weight is 325 g/mol. The zero-order valence-corrected chi connectivity index (χ0v) is 13.8. The number of urea groups is 1. The Hall–Kier alpha value is -3.16. The molecule has 8 nitrogen and oxygen atoms in total. The number of rotatable bonds is 4. The van der Waals surface area contributed by atoms with Gasteiger partial charge < -0.3 is 10.2 Å². The van der Waals surface area contributed by atoms with Gasteiger partial charge in [-0.25, -0.2) is 9.78 Å². The molecule has 8 heteroatoms. The van der Waals surface area contributed by atoms with Gasteiger partial charge in [-0.3, -0.25) is 9.36 Å². The van der Waals surface area contributed by atoms with Crippen molar-refractivity contribution in [3.63, 3.8) is 0 Å². The van der Waals surface area contributed by atoms with Gasteiger partial charge >= 0.3 is 6.03 Å². The first-order chi connectivity index (χ1) is 11.5. The van der Waals surface area contributed by atoms with Gasteiger partial charge in [0.05, 0.1) is 12.7 Å². The van der Waals surface area contributed by atoms with Gasteiger partial charge in [0.1, 0.15) is 6.33 Å². The number of benzene rings is 1. The summed E-state index contributed by atoms with van der Waals surface area (Å²) in [6, 6.07) is 7.25. The van der Waals surface area contributed by atoms with Crippen molar-refractivity contribution >= 4 is 11.7 Å². The van der Waals surface area contributed by atoms with E-state index in [2.05, 4.69) is 20.5 Å². The standard InChI is InChI=1S/C16H19N7O/c1-21(9-12-8-18-22(2)10-12)16(24)19-14-6-4-13(5-7-14)15-17-11-23(3)20-15/h4-8,10-11H,9H2,1-3H3,(H,19,24). The van der Waals surface area contributed by atoms with E-state index in [1.807, 2.05) is 44.6 Å². The van der Waals surface area contributed by atoms with Crippen LogP contribution in [0.25, 0.3) is 11.4 Å². The number of hydrogen-bond acceptors (Lipinski definition) is 4. The maximum Gasteiger partial charge on any atom is 0.321 e. The van der Waals surface area contributed by atoms with Crippen LogP contribution in [-0.4, -0.2) is 42.5 Å². The molecule has 0 unspecified atom stereocenters. The van der Waals surface area contributed by atoms with Gasteiger partial charge in [-0.2, -0.15) is 10.2 Å². The van der Waals surface area contributed by atoms with Gasteiger partial charge in [-0.1, -0.05) is 0 Å². The van der Waals surface area contributed by atoms with Crippen LogP contribution >= 0.6 is 0 Å². The lowest BCUT2D eigenvalue weighted by atomic mass is 10.2. The van der Waals surface area contributed by atoms with Crippen LogP contribution < -0.4 is 5.32 Å². The van der Waals surface area contributed by atoms with Crippen molar-refractivity contribution in [3.05, 3.63) is 48.5 Å². The molecule has 124 valence electrons. The summed E-state index contributed by atoms with van der Waals surface area (Å²) in [4.78, 5) is 18.0. The van der Waals surface area contributed by atoms with Crippen LogP contribution in [0.4, 0.5) is 10.5 Å². The largest absolute Gasteiger partial charge is 0.323 e. The molecule has 0 bridgehead atoms. The summed E-state index contributed by atoms with van der Waals surface area (Å²) in [6.07, 6.45) is 5.29. The summed E-state index contributed by atoms with van der Waals surface area (Å²) >= 11 is 0. The summed E-state index contributed by atoms with van der Waals surface area (Å²) in [5.41, 5.74) is 2.60. The molecule has 0 saturated heterocycles. The molecule has 1 aromatic carbocycles. The van der Waals surface area contributed by atoms with E-state index in [9.17, 15) is 4.79 Å². The van der Waals surface area contributed by atoms with E-state index < -0.39 is 0 Å². The van der Waals surface area contributed by atoms with Crippen molar-refractivity contribution in [2.24, 2.45) is 14.1 Å². The lowest BCUT2D eigenvalue weighted by Gasteiger charge is -2.17. The maximum atomic E-state index is 12.2. The monoisotopic (exact) mass is 325 g/mol. The number of hydrogen-bond donors (Lipinski definition) is 1. The quantitative estimate of drug-likeness (QED) is 0.794. The molecule has 0 fully saturated rings. The van der Waals surface area contributed by atoms with E-state index in [0.717, 1.165) is 16.8 Å². The highest BCUT2D eigenvalue weighted by Crippen LogP contribution is 2.18. The highest BCUT2D eigenvalue weighted by molar-refractivity contribution is 5.89. The first-order valence-corrected chi connectivity index (χ1v) is 7.47. The lowest BCUT2D eigenvalue weighted by molar-refractivity contribution is 0.220. The second-order valence-electron chi connectivity index (χ2n) is 5.63. The number of aryl methyl sites for hydroxylation is 2. The van der Waals surface area contributed by atoms with Crippen molar-refractivity contribution < 1.29 is 4.79 Å². The molecule has 3 aromatic rings. The minimum atomic E-state index is -0.178. The second-order valence-corrected chi connectivity index (χ2v) is 5.63. The average Bonchev–Trinajstić information content (AvgIpc) is 3.16. The molecular weight excluding hydrogens is 306 g/mol. The number of nitrogens with zero attached hydrogens (tertiary/aromatic N) is 6. The maximum absolute atomic E-state index is 12.2. The molecule has 0 atom stereocenters. The lowest BCUT2D eigenvalue weighted by Crippen LogP contribution is -2.30. The van der Waals surface area contributed by atoms with E-state index >= 15 is 0 Å². The Morgan fingerprint density at radius 1 is 1.21 bits per heavy atom. The summed E-state index contributed by atoms with van der Waals surface area (Å²) in [5, 5.41) is 11.2. The van der Waals surface area contributed by atoms with Crippen molar-refractivity contribution in [2.45, 2.75) is 6.54 Å². The molecular formula is C16H19N7O. The Kier molecular flexibility index (Phi) is 4.28. The normalized spacial score (nSPS) is 10.6. The first-order valence-electron chi connectivity index (χ1n) is 7.47. The Balaban J connectivity index is 1.61. The van der Waals surface area contributed by atoms with Gasteiger partial charge in [0.2, 0.25) is 0 Å². The van der Waals surface area contributed by atoms with Crippen LogP contribution in [-0.2, 0) is 20.6 Å². The van der Waals surface area contributed by atoms with Gasteiger partial charge in [0, 0.05) is 44.2 Å². The van der Waals surface area contributed by atoms with Gasteiger partial charge in [0.25, 0.3) is 0 Å². The van der Waals surface area contributed by atoms with Crippen LogP contribution in [0.2, 0.25) is 0 Å². The van der Waals surface area contributed by atoms with Gasteiger partial charge in [-0.15, -0.1) is 0 Å². The minimum absolute atomic E-state index is 0.178. The van der Waals surface area contributed by atoms with Gasteiger partial charge in [-0.05, 0) is 24.3 Å². The fourth-order valence-corrected chi connectivity index (χ4v) is 2.29. The smallest absolute Gasteiger partial charge is 0.321 e. The Bertz CT molecular complexity index is 834. The Morgan fingerprint density at radius 2 is 1.96 bits per heavy atom. The zero-order valence-electron chi connectivity index (χ0n) is 13.8. The number of aromatic nitrogens is 5. The zero-order chi connectivity index (χ0) is 17.1. The molecule has 0 saturated carbocycles. The van der Waals surface area contributed by atoms with E-state index in [4.69, 9.17) is 0 Å². The summed E-state index contributed by atoms with van der Waals surface area (Å²) in [5.74, 6) is 0.657. The predicted molar refractivity (Wildman–Crippen MR) is 90.1 cm³/mol. The van der Waals surface area contributed by atoms with Crippen LogP contribution in [0, 0.1) is 0 Å². The fraction of sp³-hybridized carbons (Fsp3) is 0.250.